The summed E-state index contributed by atoms with van der Waals surface area (Å²) in [5, 5.41) is 7.53. The molecule has 2 saturated heterocycles. The molecule has 0 bridgehead atoms. The number of piperidine rings is 1. The number of nitrogens with zero attached hydrogens (tertiary/aromatic N) is 6. The van der Waals surface area contributed by atoms with Crippen LogP contribution in [0.3, 0.4) is 0 Å². The molecule has 0 aliphatic carbocycles. The molecule has 0 aromatic carbocycles. The molecule has 0 radical (unpaired) electrons. The molecule has 1 N–H and O–H groups in total. The van der Waals surface area contributed by atoms with Gasteiger partial charge in [0.15, 0.2) is 5.65 Å². The zero-order valence-corrected chi connectivity index (χ0v) is 15.4. The molecule has 2 aliphatic rings. The molecule has 2 fully saturated rings. The first-order chi connectivity index (χ1) is 13.7. The third-order valence-electron chi connectivity index (χ3n) is 5.87. The molecule has 1 atom stereocenters. The first-order valence-corrected chi connectivity index (χ1v) is 9.60. The van der Waals surface area contributed by atoms with Crippen molar-refractivity contribution in [3.63, 3.8) is 0 Å². The summed E-state index contributed by atoms with van der Waals surface area (Å²) in [5.41, 5.74) is 1.53. The Labute approximate surface area is 160 Å². The second-order valence-electron chi connectivity index (χ2n) is 7.49. The largest absolute Gasteiger partial charge is 0.349 e. The van der Waals surface area contributed by atoms with Crippen LogP contribution in [0.15, 0.2) is 30.7 Å². The van der Waals surface area contributed by atoms with Gasteiger partial charge in [-0.1, -0.05) is 0 Å². The minimum absolute atomic E-state index is 0.102. The normalized spacial score (nSPS) is 22.6. The lowest BCUT2D eigenvalue weighted by Gasteiger charge is -2.45. The molecule has 0 saturated carbocycles. The number of hydrogen-bond donors (Lipinski definition) is 1. The molecular formula is C19H21F2N7. The van der Waals surface area contributed by atoms with Crippen LogP contribution in [-0.4, -0.2) is 49.7 Å². The highest BCUT2D eigenvalue weighted by Gasteiger charge is 2.41. The van der Waals surface area contributed by atoms with Crippen LogP contribution in [0.5, 0.6) is 0 Å². The van der Waals surface area contributed by atoms with Gasteiger partial charge in [-0.05, 0) is 44.4 Å². The van der Waals surface area contributed by atoms with E-state index in [0.29, 0.717) is 17.0 Å². The smallest absolute Gasteiger partial charge is 0.282 e. The molecule has 3 aromatic rings. The van der Waals surface area contributed by atoms with E-state index in [4.69, 9.17) is 0 Å². The highest BCUT2D eigenvalue weighted by atomic mass is 19.3. The molecular weight excluding hydrogens is 364 g/mol. The van der Waals surface area contributed by atoms with E-state index in [-0.39, 0.29) is 11.2 Å². The van der Waals surface area contributed by atoms with E-state index in [1.807, 2.05) is 6.07 Å². The molecule has 7 nitrogen and oxygen atoms in total. The summed E-state index contributed by atoms with van der Waals surface area (Å²) in [6.07, 6.45) is 5.12. The Morgan fingerprint density at radius 2 is 2.04 bits per heavy atom. The number of fused-ring (bicyclic) bond motifs is 1. The number of imidazole rings is 1. The molecule has 1 unspecified atom stereocenters. The van der Waals surface area contributed by atoms with Crippen LogP contribution in [0.25, 0.3) is 17.0 Å². The van der Waals surface area contributed by atoms with Crippen LogP contribution >= 0.6 is 0 Å². The van der Waals surface area contributed by atoms with E-state index in [0.717, 1.165) is 44.7 Å². The predicted molar refractivity (Wildman–Crippen MR) is 100 cm³/mol. The summed E-state index contributed by atoms with van der Waals surface area (Å²) in [6.45, 7) is 2.93. The van der Waals surface area contributed by atoms with E-state index in [9.17, 15) is 8.78 Å². The van der Waals surface area contributed by atoms with Gasteiger partial charge in [0.25, 0.3) is 6.43 Å². The van der Waals surface area contributed by atoms with Crippen LogP contribution < -0.4 is 10.2 Å². The predicted octanol–water partition coefficient (Wildman–Crippen LogP) is 2.85. The van der Waals surface area contributed by atoms with Gasteiger partial charge in [0, 0.05) is 19.2 Å². The average Bonchev–Trinajstić information content (AvgIpc) is 3.35. The van der Waals surface area contributed by atoms with Gasteiger partial charge >= 0.3 is 0 Å². The fraction of sp³-hybridized carbons (Fsp3) is 0.474. The fourth-order valence-electron chi connectivity index (χ4n) is 4.44. The molecule has 28 heavy (non-hydrogen) atoms. The monoisotopic (exact) mass is 385 g/mol. The maximum absolute atomic E-state index is 13.1. The second kappa shape index (κ2) is 6.73. The van der Waals surface area contributed by atoms with Crippen molar-refractivity contribution in [2.75, 3.05) is 24.5 Å². The fourth-order valence-corrected chi connectivity index (χ4v) is 4.44. The maximum Gasteiger partial charge on any atom is 0.282 e. The Morgan fingerprint density at radius 3 is 2.86 bits per heavy atom. The van der Waals surface area contributed by atoms with Gasteiger partial charge in [0.2, 0.25) is 0 Å². The molecule has 5 heterocycles. The van der Waals surface area contributed by atoms with E-state index in [1.54, 1.807) is 12.3 Å². The average molecular weight is 385 g/mol. The third kappa shape index (κ3) is 2.81. The first kappa shape index (κ1) is 17.4. The van der Waals surface area contributed by atoms with Gasteiger partial charge in [0.05, 0.1) is 17.4 Å². The van der Waals surface area contributed by atoms with Crippen molar-refractivity contribution in [3.05, 3.63) is 36.4 Å². The second-order valence-corrected chi connectivity index (χ2v) is 7.49. The summed E-state index contributed by atoms with van der Waals surface area (Å²) < 4.78 is 27.6. The number of rotatable bonds is 3. The molecule has 1 spiro atoms. The number of alkyl halides is 2. The minimum Gasteiger partial charge on any atom is -0.349 e. The number of halogens is 2. The lowest BCUT2D eigenvalue weighted by molar-refractivity contribution is 0.144. The standard InChI is InChI=1S/C19H21F2N7/c20-18(21)13-3-4-16-23-10-15(28(16)26-13)14-9-17(25-12-24-14)27-8-2-1-5-19(27)6-7-22-11-19/h3-4,9-10,12,18,22H,1-2,5-8,11H2. The Morgan fingerprint density at radius 1 is 1.11 bits per heavy atom. The number of hydrogen-bond acceptors (Lipinski definition) is 6. The van der Waals surface area contributed by atoms with Crippen molar-refractivity contribution in [1.29, 1.82) is 0 Å². The molecule has 3 aromatic heterocycles. The molecule has 146 valence electrons. The molecule has 0 amide bonds. The Bertz CT molecular complexity index is 997. The zero-order valence-electron chi connectivity index (χ0n) is 15.4. The first-order valence-electron chi connectivity index (χ1n) is 9.60. The Balaban J connectivity index is 1.56. The van der Waals surface area contributed by atoms with E-state index >= 15 is 0 Å². The highest BCUT2D eigenvalue weighted by Crippen LogP contribution is 2.37. The van der Waals surface area contributed by atoms with E-state index < -0.39 is 6.43 Å². The highest BCUT2D eigenvalue weighted by molar-refractivity contribution is 5.63. The summed E-state index contributed by atoms with van der Waals surface area (Å²) in [6, 6.07) is 4.77. The lowest BCUT2D eigenvalue weighted by Crippen LogP contribution is -2.54. The van der Waals surface area contributed by atoms with Gasteiger partial charge in [-0.25, -0.2) is 28.2 Å². The van der Waals surface area contributed by atoms with Crippen LogP contribution in [0.2, 0.25) is 0 Å². The van der Waals surface area contributed by atoms with Crippen LogP contribution in [0, 0.1) is 0 Å². The third-order valence-corrected chi connectivity index (χ3v) is 5.87. The molecule has 9 heteroatoms. The quantitative estimate of drug-likeness (QED) is 0.748. The van der Waals surface area contributed by atoms with Crippen molar-refractivity contribution in [2.24, 2.45) is 0 Å². The van der Waals surface area contributed by atoms with Crippen LogP contribution in [0.1, 0.15) is 37.8 Å². The Kier molecular flexibility index (Phi) is 4.19. The topological polar surface area (TPSA) is 71.2 Å². The summed E-state index contributed by atoms with van der Waals surface area (Å²) >= 11 is 0. The summed E-state index contributed by atoms with van der Waals surface area (Å²) in [5.74, 6) is 0.869. The maximum atomic E-state index is 13.1. The van der Waals surface area contributed by atoms with Crippen molar-refractivity contribution in [1.82, 2.24) is 29.9 Å². The zero-order chi connectivity index (χ0) is 19.1. The van der Waals surface area contributed by atoms with Crippen LogP contribution in [-0.2, 0) is 0 Å². The lowest BCUT2D eigenvalue weighted by atomic mass is 9.85. The van der Waals surface area contributed by atoms with Gasteiger partial charge in [-0.2, -0.15) is 5.10 Å². The van der Waals surface area contributed by atoms with E-state index in [1.165, 1.54) is 23.3 Å². The number of nitrogens with one attached hydrogen (secondary N) is 1. The summed E-state index contributed by atoms with van der Waals surface area (Å²) in [7, 11) is 0. The van der Waals surface area contributed by atoms with E-state index in [2.05, 4.69) is 30.3 Å². The molecule has 2 aliphatic heterocycles. The molecule has 5 rings (SSSR count). The van der Waals surface area contributed by atoms with Crippen LogP contribution in [0.4, 0.5) is 14.6 Å². The van der Waals surface area contributed by atoms with Gasteiger partial charge < -0.3 is 10.2 Å². The van der Waals surface area contributed by atoms with Crippen molar-refractivity contribution in [3.8, 4) is 11.4 Å². The minimum atomic E-state index is -2.64. The number of aromatic nitrogens is 5. The number of anilines is 1. The SMILES string of the molecule is FC(F)c1ccc2ncc(-c3cc(N4CCCCC45CCNC5)ncn3)n2n1. The van der Waals surface area contributed by atoms with Crippen molar-refractivity contribution < 1.29 is 8.78 Å². The van der Waals surface area contributed by atoms with Gasteiger partial charge in [-0.3, -0.25) is 0 Å². The summed E-state index contributed by atoms with van der Waals surface area (Å²) in [4.78, 5) is 15.6. The van der Waals surface area contributed by atoms with Gasteiger partial charge in [-0.15, -0.1) is 0 Å². The Hall–Kier alpha value is -2.68. The van der Waals surface area contributed by atoms with Crippen molar-refractivity contribution >= 4 is 11.5 Å². The van der Waals surface area contributed by atoms with Crippen molar-refractivity contribution in [2.45, 2.75) is 37.6 Å². The van der Waals surface area contributed by atoms with Gasteiger partial charge in [0.1, 0.15) is 23.5 Å².